The molecule has 7 heteroatoms. The van der Waals surface area contributed by atoms with E-state index in [9.17, 15) is 14.4 Å². The molecule has 0 aliphatic carbocycles. The Morgan fingerprint density at radius 1 is 0.429 bits per heavy atom. The minimum atomic E-state index is -0.767. The number of nitrogens with zero attached hydrogens (tertiary/aromatic N) is 1. The Morgan fingerprint density at radius 2 is 0.714 bits per heavy atom. The molecular weight excluding hydrogens is 530 g/mol. The molecular formula is C35H66NO6+. The average Bonchev–Trinajstić information content (AvgIpc) is 2.94. The number of unbranched alkanes of at least 4 members (excludes halogenated alkanes) is 17. The highest BCUT2D eigenvalue weighted by atomic mass is 16.4. The topological polar surface area (TPSA) is 112 Å². The van der Waals surface area contributed by atoms with Crippen molar-refractivity contribution >= 4 is 17.9 Å². The molecule has 0 aromatic rings. The van der Waals surface area contributed by atoms with Crippen LogP contribution in [0.25, 0.3) is 0 Å². The second-order valence-electron chi connectivity index (χ2n) is 12.4. The first kappa shape index (κ1) is 40.1. The van der Waals surface area contributed by atoms with Gasteiger partial charge in [-0.15, -0.1) is 0 Å². The summed E-state index contributed by atoms with van der Waals surface area (Å²) in [5, 5.41) is 27.1. The summed E-state index contributed by atoms with van der Waals surface area (Å²) >= 11 is 0. The Bertz CT molecular complexity index is 638. The molecule has 0 atom stereocenters. The van der Waals surface area contributed by atoms with Crippen LogP contribution < -0.4 is 0 Å². The molecule has 0 fully saturated rings. The lowest BCUT2D eigenvalue weighted by molar-refractivity contribution is -0.929. The molecule has 246 valence electrons. The van der Waals surface area contributed by atoms with Crippen LogP contribution in [0.4, 0.5) is 0 Å². The second kappa shape index (κ2) is 29.2. The molecule has 0 aliphatic heterocycles. The van der Waals surface area contributed by atoms with E-state index in [1.807, 2.05) is 0 Å². The number of allylic oxidation sites excluding steroid dienone is 2. The Hall–Kier alpha value is -1.89. The van der Waals surface area contributed by atoms with Crippen molar-refractivity contribution in [2.75, 3.05) is 26.2 Å². The van der Waals surface area contributed by atoms with E-state index in [0.29, 0.717) is 19.3 Å². The largest absolute Gasteiger partial charge is 0.481 e. The number of carboxylic acids is 3. The minimum Gasteiger partial charge on any atom is -0.481 e. The van der Waals surface area contributed by atoms with E-state index in [-0.39, 0.29) is 19.3 Å². The summed E-state index contributed by atoms with van der Waals surface area (Å²) in [6.07, 6.45) is 30.3. The molecule has 0 aromatic heterocycles. The standard InChI is InChI=1S/C35H65NO6/c1-2-3-4-5-6-7-8-9-10-11-12-13-14-15-16-17-18-22-29-36(30-23-19-26-33(37)38,31-24-20-27-34(39)40)32-25-21-28-35(41)42/h8-9H,2-7,10-32H2,1H3,(H2-,37,38,39,40,41,42)/p+1/b9-8+. The van der Waals surface area contributed by atoms with Gasteiger partial charge in [-0.25, -0.2) is 0 Å². The molecule has 0 unspecified atom stereocenters. The Kier molecular flexibility index (Phi) is 27.9. The maximum Gasteiger partial charge on any atom is 0.303 e. The van der Waals surface area contributed by atoms with Gasteiger partial charge in [0, 0.05) is 19.3 Å². The lowest BCUT2D eigenvalue weighted by Gasteiger charge is -2.39. The summed E-state index contributed by atoms with van der Waals surface area (Å²) in [7, 11) is 0. The van der Waals surface area contributed by atoms with Gasteiger partial charge in [-0.3, -0.25) is 14.4 Å². The van der Waals surface area contributed by atoms with Gasteiger partial charge in [0.25, 0.3) is 0 Å². The number of quaternary nitrogens is 1. The third-order valence-corrected chi connectivity index (χ3v) is 8.46. The van der Waals surface area contributed by atoms with E-state index < -0.39 is 17.9 Å². The predicted molar refractivity (Wildman–Crippen MR) is 173 cm³/mol. The predicted octanol–water partition coefficient (Wildman–Crippen LogP) is 9.39. The summed E-state index contributed by atoms with van der Waals surface area (Å²) in [5.41, 5.74) is 0. The van der Waals surface area contributed by atoms with Crippen molar-refractivity contribution in [3.05, 3.63) is 12.2 Å². The van der Waals surface area contributed by atoms with Gasteiger partial charge in [0.05, 0.1) is 26.2 Å². The third kappa shape index (κ3) is 28.2. The zero-order chi connectivity index (χ0) is 31.2. The molecule has 0 saturated carbocycles. The van der Waals surface area contributed by atoms with E-state index in [0.717, 1.165) is 56.3 Å². The number of carboxylic acid groups (broad SMARTS) is 3. The number of hydrogen-bond acceptors (Lipinski definition) is 3. The van der Waals surface area contributed by atoms with Crippen LogP contribution in [-0.2, 0) is 14.4 Å². The van der Waals surface area contributed by atoms with Gasteiger partial charge in [0.2, 0.25) is 0 Å². The first-order chi connectivity index (χ1) is 20.3. The van der Waals surface area contributed by atoms with E-state index >= 15 is 0 Å². The summed E-state index contributed by atoms with van der Waals surface area (Å²) in [6.45, 7) is 5.95. The van der Waals surface area contributed by atoms with Crippen molar-refractivity contribution in [3.63, 3.8) is 0 Å². The van der Waals surface area contributed by atoms with Gasteiger partial charge in [0.1, 0.15) is 0 Å². The van der Waals surface area contributed by atoms with Gasteiger partial charge in [0.15, 0.2) is 0 Å². The van der Waals surface area contributed by atoms with Crippen molar-refractivity contribution in [2.45, 2.75) is 167 Å². The van der Waals surface area contributed by atoms with Crippen molar-refractivity contribution in [2.24, 2.45) is 0 Å². The SMILES string of the molecule is CCCCCCC/C=C/CCCCCCCCCCC[N+](CCCCC(=O)O)(CCCCC(=O)O)CCCCC(=O)O. The summed E-state index contributed by atoms with van der Waals surface area (Å²) in [5.74, 6) is -2.30. The van der Waals surface area contributed by atoms with E-state index in [4.69, 9.17) is 15.3 Å². The lowest BCUT2D eigenvalue weighted by atomic mass is 10.0. The fourth-order valence-electron chi connectivity index (χ4n) is 5.89. The van der Waals surface area contributed by atoms with Crippen LogP contribution in [0.1, 0.15) is 167 Å². The van der Waals surface area contributed by atoms with Gasteiger partial charge in [-0.05, 0) is 77.0 Å². The highest BCUT2D eigenvalue weighted by Gasteiger charge is 2.26. The summed E-state index contributed by atoms with van der Waals surface area (Å²) < 4.78 is 0.867. The van der Waals surface area contributed by atoms with Gasteiger partial charge in [-0.2, -0.15) is 0 Å². The van der Waals surface area contributed by atoms with Crippen LogP contribution in [-0.4, -0.2) is 63.9 Å². The first-order valence-corrected chi connectivity index (χ1v) is 17.5. The Balaban J connectivity index is 4.35. The molecule has 0 rings (SSSR count). The van der Waals surface area contributed by atoms with Crippen LogP contribution in [0.5, 0.6) is 0 Å². The van der Waals surface area contributed by atoms with Crippen molar-refractivity contribution in [1.29, 1.82) is 0 Å². The van der Waals surface area contributed by atoms with Gasteiger partial charge < -0.3 is 19.8 Å². The zero-order valence-corrected chi connectivity index (χ0v) is 27.2. The number of carbonyl (C=O) groups is 3. The summed E-state index contributed by atoms with van der Waals surface area (Å²) in [4.78, 5) is 33.0. The quantitative estimate of drug-likeness (QED) is 0.0395. The van der Waals surface area contributed by atoms with E-state index in [1.165, 1.54) is 96.3 Å². The maximum absolute atomic E-state index is 11.0. The first-order valence-electron chi connectivity index (χ1n) is 17.5. The molecule has 0 aliphatic rings. The van der Waals surface area contributed by atoms with Crippen LogP contribution in [0.15, 0.2) is 12.2 Å². The molecule has 0 bridgehead atoms. The summed E-state index contributed by atoms with van der Waals surface area (Å²) in [6, 6.07) is 0. The third-order valence-electron chi connectivity index (χ3n) is 8.46. The smallest absolute Gasteiger partial charge is 0.303 e. The molecule has 0 saturated heterocycles. The number of hydrogen-bond donors (Lipinski definition) is 3. The van der Waals surface area contributed by atoms with Crippen LogP contribution >= 0.6 is 0 Å². The maximum atomic E-state index is 11.0. The minimum absolute atomic E-state index is 0.175. The number of rotatable bonds is 33. The zero-order valence-electron chi connectivity index (χ0n) is 27.2. The molecule has 3 N–H and O–H groups in total. The van der Waals surface area contributed by atoms with E-state index in [2.05, 4.69) is 19.1 Å². The lowest BCUT2D eigenvalue weighted by Crippen LogP contribution is -2.51. The Morgan fingerprint density at radius 3 is 1.05 bits per heavy atom. The van der Waals surface area contributed by atoms with E-state index in [1.54, 1.807) is 0 Å². The normalized spacial score (nSPS) is 11.8. The Labute approximate surface area is 257 Å². The van der Waals surface area contributed by atoms with Gasteiger partial charge >= 0.3 is 17.9 Å². The molecule has 0 aromatic carbocycles. The fourth-order valence-corrected chi connectivity index (χ4v) is 5.89. The highest BCUT2D eigenvalue weighted by molar-refractivity contribution is 5.67. The van der Waals surface area contributed by atoms with Gasteiger partial charge in [-0.1, -0.05) is 83.3 Å². The fraction of sp³-hybridized carbons (Fsp3) is 0.857. The molecule has 0 spiro atoms. The van der Waals surface area contributed by atoms with Crippen LogP contribution in [0.3, 0.4) is 0 Å². The van der Waals surface area contributed by atoms with Crippen LogP contribution in [0, 0.1) is 0 Å². The monoisotopic (exact) mass is 596 g/mol. The van der Waals surface area contributed by atoms with Crippen LogP contribution in [0.2, 0.25) is 0 Å². The molecule has 0 amide bonds. The average molecular weight is 597 g/mol. The molecule has 42 heavy (non-hydrogen) atoms. The van der Waals surface area contributed by atoms with Crippen molar-refractivity contribution in [1.82, 2.24) is 0 Å². The van der Waals surface area contributed by atoms with Crippen molar-refractivity contribution < 1.29 is 34.2 Å². The highest BCUT2D eigenvalue weighted by Crippen LogP contribution is 2.20. The molecule has 0 heterocycles. The number of aliphatic carboxylic acids is 3. The molecule has 0 radical (unpaired) electrons. The second-order valence-corrected chi connectivity index (χ2v) is 12.4. The van der Waals surface area contributed by atoms with Crippen molar-refractivity contribution in [3.8, 4) is 0 Å². The molecule has 7 nitrogen and oxygen atoms in total.